The maximum absolute atomic E-state index is 12.1. The number of hydrogen-bond acceptors (Lipinski definition) is 4. The van der Waals surface area contributed by atoms with Gasteiger partial charge in [0.1, 0.15) is 5.76 Å². The van der Waals surface area contributed by atoms with Crippen LogP contribution in [0.25, 0.3) is 0 Å². The summed E-state index contributed by atoms with van der Waals surface area (Å²) in [5, 5.41) is 2.77. The predicted octanol–water partition coefficient (Wildman–Crippen LogP) is 1.57. The normalized spacial score (nSPS) is 11.4. The molecule has 6 nitrogen and oxygen atoms in total. The minimum atomic E-state index is -3.36. The average molecular weight is 322 g/mol. The molecule has 0 spiro atoms. The van der Waals surface area contributed by atoms with Gasteiger partial charge in [-0.1, -0.05) is 24.3 Å². The van der Waals surface area contributed by atoms with E-state index in [0.717, 1.165) is 5.56 Å². The van der Waals surface area contributed by atoms with Crippen molar-refractivity contribution in [2.75, 3.05) is 7.05 Å². The second-order valence-electron chi connectivity index (χ2n) is 4.81. The van der Waals surface area contributed by atoms with Gasteiger partial charge < -0.3 is 9.73 Å². The molecule has 2 N–H and O–H groups in total. The maximum Gasteiger partial charge on any atom is 0.255 e. The van der Waals surface area contributed by atoms with Gasteiger partial charge in [-0.15, -0.1) is 0 Å². The summed E-state index contributed by atoms with van der Waals surface area (Å²) in [5.74, 6) is 0.168. The standard InChI is InChI=1S/C15H18N2O4S/c1-11-14(7-8-21-11)15(18)17-9-12-5-3-4-6-13(12)10-22(19,20)16-2/h3-8,16H,9-10H2,1-2H3,(H,17,18). The lowest BCUT2D eigenvalue weighted by atomic mass is 10.1. The van der Waals surface area contributed by atoms with Gasteiger partial charge in [-0.25, -0.2) is 13.1 Å². The highest BCUT2D eigenvalue weighted by Gasteiger charge is 2.14. The Labute approximate surface area is 129 Å². The number of aryl methyl sites for hydroxylation is 1. The zero-order chi connectivity index (χ0) is 16.2. The van der Waals surface area contributed by atoms with Crippen LogP contribution < -0.4 is 10.0 Å². The van der Waals surface area contributed by atoms with Crippen LogP contribution in [0.2, 0.25) is 0 Å². The second-order valence-corrected chi connectivity index (χ2v) is 6.73. The van der Waals surface area contributed by atoms with Crippen molar-refractivity contribution >= 4 is 15.9 Å². The van der Waals surface area contributed by atoms with Gasteiger partial charge in [0.25, 0.3) is 5.91 Å². The lowest BCUT2D eigenvalue weighted by Crippen LogP contribution is -2.25. The fourth-order valence-corrected chi connectivity index (χ4v) is 2.87. The molecule has 0 radical (unpaired) electrons. The van der Waals surface area contributed by atoms with Crippen molar-refractivity contribution in [2.24, 2.45) is 0 Å². The van der Waals surface area contributed by atoms with Crippen LogP contribution >= 0.6 is 0 Å². The molecule has 7 heteroatoms. The minimum Gasteiger partial charge on any atom is -0.469 e. The van der Waals surface area contributed by atoms with E-state index in [9.17, 15) is 13.2 Å². The molecular formula is C15H18N2O4S. The SMILES string of the molecule is CNS(=O)(=O)Cc1ccccc1CNC(=O)c1ccoc1C. The first-order chi connectivity index (χ1) is 10.4. The zero-order valence-electron chi connectivity index (χ0n) is 12.4. The summed E-state index contributed by atoms with van der Waals surface area (Å²) in [6.07, 6.45) is 1.46. The van der Waals surface area contributed by atoms with Crippen LogP contribution in [0.1, 0.15) is 27.2 Å². The van der Waals surface area contributed by atoms with Crippen LogP contribution in [-0.2, 0) is 22.3 Å². The molecule has 2 rings (SSSR count). The molecule has 0 aliphatic carbocycles. The summed E-state index contributed by atoms with van der Waals surface area (Å²) in [6.45, 7) is 1.96. The van der Waals surface area contributed by atoms with Crippen molar-refractivity contribution in [1.82, 2.24) is 10.0 Å². The van der Waals surface area contributed by atoms with Gasteiger partial charge in [-0.2, -0.15) is 0 Å². The second kappa shape index (κ2) is 6.76. The summed E-state index contributed by atoms with van der Waals surface area (Å²) in [5.41, 5.74) is 1.89. The molecule has 1 aromatic carbocycles. The number of benzene rings is 1. The van der Waals surface area contributed by atoms with E-state index in [2.05, 4.69) is 10.0 Å². The molecule has 22 heavy (non-hydrogen) atoms. The molecular weight excluding hydrogens is 304 g/mol. The first kappa shape index (κ1) is 16.3. The number of amides is 1. The Bertz CT molecular complexity index is 765. The van der Waals surface area contributed by atoms with Crippen LogP contribution in [0.3, 0.4) is 0 Å². The number of rotatable bonds is 6. The van der Waals surface area contributed by atoms with E-state index in [0.29, 0.717) is 16.9 Å². The van der Waals surface area contributed by atoms with Gasteiger partial charge in [0, 0.05) is 6.54 Å². The zero-order valence-corrected chi connectivity index (χ0v) is 13.2. The van der Waals surface area contributed by atoms with E-state index in [1.54, 1.807) is 37.3 Å². The van der Waals surface area contributed by atoms with Crippen molar-refractivity contribution in [3.05, 3.63) is 59.0 Å². The molecule has 1 aromatic heterocycles. The van der Waals surface area contributed by atoms with E-state index in [-0.39, 0.29) is 18.2 Å². The number of nitrogens with one attached hydrogen (secondary N) is 2. The van der Waals surface area contributed by atoms with Gasteiger partial charge in [0.15, 0.2) is 0 Å². The van der Waals surface area contributed by atoms with E-state index in [4.69, 9.17) is 4.42 Å². The molecule has 118 valence electrons. The molecule has 0 atom stereocenters. The molecule has 1 heterocycles. The van der Waals surface area contributed by atoms with E-state index < -0.39 is 10.0 Å². The van der Waals surface area contributed by atoms with Crippen LogP contribution in [-0.4, -0.2) is 21.4 Å². The third kappa shape index (κ3) is 3.96. The Balaban J connectivity index is 2.11. The van der Waals surface area contributed by atoms with Gasteiger partial charge in [0.2, 0.25) is 10.0 Å². The van der Waals surface area contributed by atoms with Crippen LogP contribution in [0.4, 0.5) is 0 Å². The molecule has 0 fully saturated rings. The van der Waals surface area contributed by atoms with Crippen molar-refractivity contribution in [3.8, 4) is 0 Å². The molecule has 0 saturated carbocycles. The molecule has 0 aliphatic rings. The Morgan fingerprint density at radius 3 is 2.45 bits per heavy atom. The summed E-state index contributed by atoms with van der Waals surface area (Å²) < 4.78 is 30.7. The fraction of sp³-hybridized carbons (Fsp3) is 0.267. The fourth-order valence-electron chi connectivity index (χ4n) is 2.04. The lowest BCUT2D eigenvalue weighted by Gasteiger charge is -2.10. The number of hydrogen-bond donors (Lipinski definition) is 2. The lowest BCUT2D eigenvalue weighted by molar-refractivity contribution is 0.0949. The van der Waals surface area contributed by atoms with E-state index in [1.807, 2.05) is 0 Å². The molecule has 1 amide bonds. The maximum atomic E-state index is 12.1. The van der Waals surface area contributed by atoms with Crippen molar-refractivity contribution in [2.45, 2.75) is 19.2 Å². The molecule has 2 aromatic rings. The topological polar surface area (TPSA) is 88.4 Å². The predicted molar refractivity (Wildman–Crippen MR) is 82.7 cm³/mol. The molecule has 0 bridgehead atoms. The first-order valence-electron chi connectivity index (χ1n) is 6.73. The number of sulfonamides is 1. The summed E-state index contributed by atoms with van der Waals surface area (Å²) in [7, 11) is -1.98. The van der Waals surface area contributed by atoms with Crippen LogP contribution in [0.15, 0.2) is 41.0 Å². The Hall–Kier alpha value is -2.12. The van der Waals surface area contributed by atoms with Gasteiger partial charge in [-0.05, 0) is 31.2 Å². The van der Waals surface area contributed by atoms with E-state index >= 15 is 0 Å². The number of carbonyl (C=O) groups excluding carboxylic acids is 1. The Morgan fingerprint density at radius 1 is 1.18 bits per heavy atom. The average Bonchev–Trinajstić information content (AvgIpc) is 2.92. The van der Waals surface area contributed by atoms with Crippen LogP contribution in [0, 0.1) is 6.92 Å². The monoisotopic (exact) mass is 322 g/mol. The van der Waals surface area contributed by atoms with Gasteiger partial charge in [0.05, 0.1) is 17.6 Å². The van der Waals surface area contributed by atoms with Crippen molar-refractivity contribution in [1.29, 1.82) is 0 Å². The smallest absolute Gasteiger partial charge is 0.255 e. The van der Waals surface area contributed by atoms with Crippen molar-refractivity contribution in [3.63, 3.8) is 0 Å². The van der Waals surface area contributed by atoms with E-state index in [1.165, 1.54) is 13.3 Å². The molecule has 0 unspecified atom stereocenters. The van der Waals surface area contributed by atoms with Gasteiger partial charge >= 0.3 is 0 Å². The molecule has 0 saturated heterocycles. The highest BCUT2D eigenvalue weighted by Crippen LogP contribution is 2.13. The summed E-state index contributed by atoms with van der Waals surface area (Å²) in [6, 6.07) is 8.71. The van der Waals surface area contributed by atoms with Crippen molar-refractivity contribution < 1.29 is 17.6 Å². The Morgan fingerprint density at radius 2 is 1.86 bits per heavy atom. The Kier molecular flexibility index (Phi) is 4.99. The highest BCUT2D eigenvalue weighted by molar-refractivity contribution is 7.88. The van der Waals surface area contributed by atoms with Crippen LogP contribution in [0.5, 0.6) is 0 Å². The highest BCUT2D eigenvalue weighted by atomic mass is 32.2. The minimum absolute atomic E-state index is 0.125. The van der Waals surface area contributed by atoms with Gasteiger partial charge in [-0.3, -0.25) is 4.79 Å². The summed E-state index contributed by atoms with van der Waals surface area (Å²) in [4.78, 5) is 12.1. The quantitative estimate of drug-likeness (QED) is 0.845. The number of carbonyl (C=O) groups is 1. The largest absolute Gasteiger partial charge is 0.469 e. The summed E-state index contributed by atoms with van der Waals surface area (Å²) >= 11 is 0. The number of furan rings is 1. The molecule has 0 aliphatic heterocycles. The third-order valence-electron chi connectivity index (χ3n) is 3.32. The first-order valence-corrected chi connectivity index (χ1v) is 8.38. The third-order valence-corrected chi connectivity index (χ3v) is 4.63.